The van der Waals surface area contributed by atoms with Gasteiger partial charge in [-0.05, 0) is 18.4 Å². The van der Waals surface area contributed by atoms with Gasteiger partial charge in [-0.3, -0.25) is 0 Å². The Morgan fingerprint density at radius 1 is 1.17 bits per heavy atom. The number of carbonyl (C=O) groups excluding carboxylic acids is 1. The van der Waals surface area contributed by atoms with Crippen LogP contribution in [0.5, 0.6) is 0 Å². The number of carbonyl (C=O) groups is 1. The Balaban J connectivity index is 2.31. The van der Waals surface area contributed by atoms with Crippen LogP contribution in [0.15, 0.2) is 30.3 Å². The third kappa shape index (κ3) is 5.71. The van der Waals surface area contributed by atoms with Gasteiger partial charge in [0.1, 0.15) is 6.10 Å². The summed E-state index contributed by atoms with van der Waals surface area (Å²) in [5.41, 5.74) is 1.08. The maximum atomic E-state index is 11.6. The molecule has 0 saturated heterocycles. The minimum atomic E-state index is -0.314. The van der Waals surface area contributed by atoms with Gasteiger partial charge in [0.25, 0.3) is 0 Å². The summed E-state index contributed by atoms with van der Waals surface area (Å²) in [6.07, 6.45) is 3.69. The molecule has 1 N–H and O–H groups in total. The zero-order valence-electron chi connectivity index (χ0n) is 11.3. The van der Waals surface area contributed by atoms with E-state index in [1.165, 1.54) is 0 Å². The second-order valence-corrected chi connectivity index (χ2v) is 4.44. The van der Waals surface area contributed by atoms with Gasteiger partial charge < -0.3 is 10.1 Å². The van der Waals surface area contributed by atoms with E-state index in [1.807, 2.05) is 30.3 Å². The highest BCUT2D eigenvalue weighted by molar-refractivity contribution is 5.67. The van der Waals surface area contributed by atoms with Gasteiger partial charge in [0.05, 0.1) is 0 Å². The number of nitrogens with one attached hydrogen (secondary N) is 1. The first-order valence-corrected chi connectivity index (χ1v) is 6.74. The van der Waals surface area contributed by atoms with E-state index in [1.54, 1.807) is 0 Å². The molecule has 0 aliphatic rings. The predicted octanol–water partition coefficient (Wildman–Crippen LogP) is 3.88. The molecule has 0 aliphatic carbocycles. The van der Waals surface area contributed by atoms with E-state index in [0.717, 1.165) is 31.2 Å². The smallest absolute Gasteiger partial charge is 0.407 e. The van der Waals surface area contributed by atoms with E-state index in [2.05, 4.69) is 19.2 Å². The molecule has 1 rings (SSSR count). The van der Waals surface area contributed by atoms with Crippen molar-refractivity contribution in [1.82, 2.24) is 5.32 Å². The Bertz CT molecular complexity index is 332. The van der Waals surface area contributed by atoms with Crippen LogP contribution in [0.3, 0.4) is 0 Å². The van der Waals surface area contributed by atoms with Gasteiger partial charge >= 0.3 is 6.09 Å². The van der Waals surface area contributed by atoms with Crippen molar-refractivity contribution >= 4 is 6.09 Å². The molecule has 0 saturated carbocycles. The summed E-state index contributed by atoms with van der Waals surface area (Å²) in [4.78, 5) is 11.6. The highest BCUT2D eigenvalue weighted by atomic mass is 16.6. The first-order valence-electron chi connectivity index (χ1n) is 6.74. The molecule has 100 valence electrons. The van der Waals surface area contributed by atoms with Crippen LogP contribution in [0.1, 0.15) is 45.1 Å². The first kappa shape index (κ1) is 14.6. The number of benzene rings is 1. The Hall–Kier alpha value is -1.51. The topological polar surface area (TPSA) is 38.3 Å². The Labute approximate surface area is 110 Å². The summed E-state index contributed by atoms with van der Waals surface area (Å²) in [6, 6.07) is 9.84. The van der Waals surface area contributed by atoms with E-state index in [-0.39, 0.29) is 12.2 Å². The fourth-order valence-electron chi connectivity index (χ4n) is 1.87. The highest BCUT2D eigenvalue weighted by Gasteiger charge is 2.12. The Morgan fingerprint density at radius 3 is 2.33 bits per heavy atom. The predicted molar refractivity (Wildman–Crippen MR) is 73.4 cm³/mol. The minimum Gasteiger partial charge on any atom is -0.446 e. The molecule has 1 aromatic carbocycles. The monoisotopic (exact) mass is 249 g/mol. The van der Waals surface area contributed by atoms with Gasteiger partial charge in [0, 0.05) is 6.54 Å². The summed E-state index contributed by atoms with van der Waals surface area (Å²) < 4.78 is 5.40. The summed E-state index contributed by atoms with van der Waals surface area (Å²) >= 11 is 0. The first-order chi connectivity index (χ1) is 8.76. The lowest BCUT2D eigenvalue weighted by Gasteiger charge is -2.16. The van der Waals surface area contributed by atoms with E-state index in [9.17, 15) is 4.79 Å². The van der Waals surface area contributed by atoms with Crippen molar-refractivity contribution in [1.29, 1.82) is 0 Å². The van der Waals surface area contributed by atoms with Crippen molar-refractivity contribution in [3.05, 3.63) is 35.9 Å². The van der Waals surface area contributed by atoms with Crippen LogP contribution in [0.25, 0.3) is 0 Å². The molecule has 0 bridgehead atoms. The van der Waals surface area contributed by atoms with Crippen LogP contribution in [0.4, 0.5) is 4.79 Å². The molecule has 3 heteroatoms. The molecule has 1 amide bonds. The maximum Gasteiger partial charge on any atom is 0.407 e. The lowest BCUT2D eigenvalue weighted by molar-refractivity contribution is 0.0862. The molecule has 0 atom stereocenters. The summed E-state index contributed by atoms with van der Waals surface area (Å²) in [6.45, 7) is 4.73. The van der Waals surface area contributed by atoms with Crippen LogP contribution in [-0.2, 0) is 11.3 Å². The average Bonchev–Trinajstić information content (AvgIpc) is 2.38. The van der Waals surface area contributed by atoms with Crippen molar-refractivity contribution in [2.75, 3.05) is 0 Å². The second kappa shape index (κ2) is 8.56. The lowest BCUT2D eigenvalue weighted by Crippen LogP contribution is -2.28. The van der Waals surface area contributed by atoms with Gasteiger partial charge in [0.15, 0.2) is 0 Å². The molecule has 3 nitrogen and oxygen atoms in total. The second-order valence-electron chi connectivity index (χ2n) is 4.44. The Morgan fingerprint density at radius 2 is 1.78 bits per heavy atom. The largest absolute Gasteiger partial charge is 0.446 e. The molecule has 0 aromatic heterocycles. The number of rotatable bonds is 7. The molecule has 0 fully saturated rings. The van der Waals surface area contributed by atoms with Crippen molar-refractivity contribution in [2.45, 2.75) is 52.2 Å². The molecule has 0 heterocycles. The van der Waals surface area contributed by atoms with Gasteiger partial charge in [-0.15, -0.1) is 0 Å². The van der Waals surface area contributed by atoms with Crippen LogP contribution in [0.2, 0.25) is 0 Å². The quantitative estimate of drug-likeness (QED) is 0.796. The maximum absolute atomic E-state index is 11.6. The van der Waals surface area contributed by atoms with Crippen molar-refractivity contribution < 1.29 is 9.53 Å². The van der Waals surface area contributed by atoms with Gasteiger partial charge in [0.2, 0.25) is 0 Å². The fraction of sp³-hybridized carbons (Fsp3) is 0.533. The third-order valence-electron chi connectivity index (χ3n) is 2.77. The fourth-order valence-corrected chi connectivity index (χ4v) is 1.87. The number of alkyl carbamates (subject to hydrolysis) is 1. The number of hydrogen-bond acceptors (Lipinski definition) is 2. The van der Waals surface area contributed by atoms with Gasteiger partial charge in [-0.25, -0.2) is 4.79 Å². The zero-order chi connectivity index (χ0) is 13.2. The van der Waals surface area contributed by atoms with Gasteiger partial charge in [-0.1, -0.05) is 57.0 Å². The van der Waals surface area contributed by atoms with Crippen molar-refractivity contribution in [2.24, 2.45) is 0 Å². The molecule has 18 heavy (non-hydrogen) atoms. The summed E-state index contributed by atoms with van der Waals surface area (Å²) in [7, 11) is 0. The molecular weight excluding hydrogens is 226 g/mol. The van der Waals surface area contributed by atoms with E-state index < -0.39 is 0 Å². The van der Waals surface area contributed by atoms with Crippen LogP contribution < -0.4 is 5.32 Å². The van der Waals surface area contributed by atoms with E-state index in [0.29, 0.717) is 6.54 Å². The zero-order valence-corrected chi connectivity index (χ0v) is 11.3. The lowest BCUT2D eigenvalue weighted by atomic mass is 10.1. The molecule has 0 spiro atoms. The van der Waals surface area contributed by atoms with Crippen molar-refractivity contribution in [3.8, 4) is 0 Å². The van der Waals surface area contributed by atoms with Crippen molar-refractivity contribution in [3.63, 3.8) is 0 Å². The van der Waals surface area contributed by atoms with Crippen LogP contribution in [-0.4, -0.2) is 12.2 Å². The third-order valence-corrected chi connectivity index (χ3v) is 2.77. The standard InChI is InChI=1S/C15H23NO2/c1-3-8-14(9-4-2)18-15(17)16-12-13-10-6-5-7-11-13/h5-7,10-11,14H,3-4,8-9,12H2,1-2H3,(H,16,17). The molecule has 0 aliphatic heterocycles. The summed E-state index contributed by atoms with van der Waals surface area (Å²) in [5, 5.41) is 2.79. The number of ether oxygens (including phenoxy) is 1. The normalized spacial score (nSPS) is 10.4. The SMILES string of the molecule is CCCC(CCC)OC(=O)NCc1ccccc1. The molecule has 0 radical (unpaired) electrons. The molecular formula is C15H23NO2. The van der Waals surface area contributed by atoms with E-state index in [4.69, 9.17) is 4.74 Å². The molecule has 1 aromatic rings. The average molecular weight is 249 g/mol. The van der Waals surface area contributed by atoms with Crippen LogP contribution in [0, 0.1) is 0 Å². The molecule has 0 unspecified atom stereocenters. The Kier molecular flexibility index (Phi) is 6.92. The number of hydrogen-bond donors (Lipinski definition) is 1. The van der Waals surface area contributed by atoms with Crippen LogP contribution >= 0.6 is 0 Å². The van der Waals surface area contributed by atoms with E-state index >= 15 is 0 Å². The highest BCUT2D eigenvalue weighted by Crippen LogP contribution is 2.09. The van der Waals surface area contributed by atoms with Gasteiger partial charge in [-0.2, -0.15) is 0 Å². The summed E-state index contributed by atoms with van der Waals surface area (Å²) in [5.74, 6) is 0. The number of amides is 1. The minimum absolute atomic E-state index is 0.0516.